The molecule has 0 radical (unpaired) electrons. The molecule has 0 aliphatic heterocycles. The maximum atomic E-state index is 12.4. The van der Waals surface area contributed by atoms with Crippen LogP contribution in [0.15, 0.2) is 66.7 Å². The number of nitrogen functional groups attached to an aromatic ring is 1. The van der Waals surface area contributed by atoms with E-state index in [1.54, 1.807) is 18.2 Å². The topological polar surface area (TPSA) is 64.3 Å². The lowest BCUT2D eigenvalue weighted by Gasteiger charge is -2.12. The molecule has 0 aliphatic rings. The molecule has 132 valence electrons. The van der Waals surface area contributed by atoms with Gasteiger partial charge in [-0.3, -0.25) is 4.79 Å². The fourth-order valence-corrected chi connectivity index (χ4v) is 2.79. The molecule has 5 heteroatoms. The Labute approximate surface area is 157 Å². The summed E-state index contributed by atoms with van der Waals surface area (Å²) in [6, 6.07) is 20.3. The zero-order valence-electron chi connectivity index (χ0n) is 14.3. The molecule has 3 rings (SSSR count). The third-order valence-corrected chi connectivity index (χ3v) is 4.24. The monoisotopic (exact) mass is 366 g/mol. The van der Waals surface area contributed by atoms with E-state index in [2.05, 4.69) is 5.32 Å². The van der Waals surface area contributed by atoms with Crippen molar-refractivity contribution in [1.29, 1.82) is 0 Å². The Morgan fingerprint density at radius 1 is 1.08 bits per heavy atom. The SMILES string of the molecule is Cc1cc(OCc2ccccc2)ccc1NC(=O)c1ccc(N)cc1Cl. The highest BCUT2D eigenvalue weighted by Crippen LogP contribution is 2.25. The standard InChI is InChI=1S/C21H19ClN2O2/c1-14-11-17(26-13-15-5-3-2-4-6-15)8-10-20(14)24-21(25)18-9-7-16(23)12-19(18)22/h2-12H,13,23H2,1H3,(H,24,25). The molecular weight excluding hydrogens is 348 g/mol. The number of hydrogen-bond donors (Lipinski definition) is 2. The molecule has 0 bridgehead atoms. The van der Waals surface area contributed by atoms with Crippen LogP contribution in [0.4, 0.5) is 11.4 Å². The first-order valence-corrected chi connectivity index (χ1v) is 8.54. The van der Waals surface area contributed by atoms with Gasteiger partial charge in [-0.2, -0.15) is 0 Å². The second-order valence-corrected chi connectivity index (χ2v) is 6.35. The van der Waals surface area contributed by atoms with Crippen LogP contribution in [-0.2, 0) is 6.61 Å². The fraction of sp³-hybridized carbons (Fsp3) is 0.0952. The number of anilines is 2. The van der Waals surface area contributed by atoms with E-state index in [0.717, 1.165) is 16.9 Å². The molecule has 0 aromatic heterocycles. The van der Waals surface area contributed by atoms with Gasteiger partial charge in [0, 0.05) is 11.4 Å². The van der Waals surface area contributed by atoms with Gasteiger partial charge in [-0.05, 0) is 54.4 Å². The van der Waals surface area contributed by atoms with Crippen LogP contribution in [0, 0.1) is 6.92 Å². The van der Waals surface area contributed by atoms with E-state index < -0.39 is 0 Å². The lowest BCUT2D eigenvalue weighted by atomic mass is 10.1. The predicted molar refractivity (Wildman–Crippen MR) is 106 cm³/mol. The first-order valence-electron chi connectivity index (χ1n) is 8.16. The Hall–Kier alpha value is -2.98. The molecule has 0 unspecified atom stereocenters. The Morgan fingerprint density at radius 3 is 2.54 bits per heavy atom. The van der Waals surface area contributed by atoms with Gasteiger partial charge >= 0.3 is 0 Å². The molecule has 0 saturated carbocycles. The Morgan fingerprint density at radius 2 is 1.85 bits per heavy atom. The molecule has 0 aliphatic carbocycles. The maximum absolute atomic E-state index is 12.4. The number of benzene rings is 3. The first kappa shape index (κ1) is 17.8. The quantitative estimate of drug-likeness (QED) is 0.620. The summed E-state index contributed by atoms with van der Waals surface area (Å²) in [5.74, 6) is 0.464. The van der Waals surface area contributed by atoms with Crippen LogP contribution in [0.25, 0.3) is 0 Å². The predicted octanol–water partition coefficient (Wildman–Crippen LogP) is 5.06. The molecule has 3 aromatic carbocycles. The van der Waals surface area contributed by atoms with E-state index in [9.17, 15) is 4.79 Å². The van der Waals surface area contributed by atoms with Gasteiger partial charge in [0.1, 0.15) is 12.4 Å². The summed E-state index contributed by atoms with van der Waals surface area (Å²) in [6.45, 7) is 2.41. The molecular formula is C21H19ClN2O2. The average molecular weight is 367 g/mol. The normalized spacial score (nSPS) is 10.4. The lowest BCUT2D eigenvalue weighted by molar-refractivity contribution is 0.102. The van der Waals surface area contributed by atoms with Crippen molar-refractivity contribution < 1.29 is 9.53 Å². The molecule has 0 heterocycles. The number of aryl methyl sites for hydroxylation is 1. The van der Waals surface area contributed by atoms with Crippen LogP contribution in [-0.4, -0.2) is 5.91 Å². The number of halogens is 1. The van der Waals surface area contributed by atoms with Gasteiger partial charge < -0.3 is 15.8 Å². The molecule has 4 nitrogen and oxygen atoms in total. The highest BCUT2D eigenvalue weighted by molar-refractivity contribution is 6.34. The van der Waals surface area contributed by atoms with Crippen LogP contribution in [0.1, 0.15) is 21.5 Å². The number of ether oxygens (including phenoxy) is 1. The zero-order chi connectivity index (χ0) is 18.5. The maximum Gasteiger partial charge on any atom is 0.257 e. The molecule has 0 fully saturated rings. The number of hydrogen-bond acceptors (Lipinski definition) is 3. The average Bonchev–Trinajstić information content (AvgIpc) is 2.63. The number of rotatable bonds is 5. The van der Waals surface area contributed by atoms with E-state index in [0.29, 0.717) is 28.6 Å². The summed E-state index contributed by atoms with van der Waals surface area (Å²) >= 11 is 6.09. The number of nitrogens with two attached hydrogens (primary N) is 1. The molecule has 0 spiro atoms. The van der Waals surface area contributed by atoms with Gasteiger partial charge in [0.15, 0.2) is 0 Å². The summed E-state index contributed by atoms with van der Waals surface area (Å²) in [5, 5.41) is 3.19. The first-order chi connectivity index (χ1) is 12.5. The van der Waals surface area contributed by atoms with E-state index in [-0.39, 0.29) is 5.91 Å². The highest BCUT2D eigenvalue weighted by atomic mass is 35.5. The van der Waals surface area contributed by atoms with Gasteiger partial charge in [0.25, 0.3) is 5.91 Å². The number of amides is 1. The second kappa shape index (κ2) is 7.93. The summed E-state index contributed by atoms with van der Waals surface area (Å²) in [7, 11) is 0. The minimum absolute atomic E-state index is 0.281. The van der Waals surface area contributed by atoms with E-state index in [4.69, 9.17) is 22.1 Å². The largest absolute Gasteiger partial charge is 0.489 e. The molecule has 26 heavy (non-hydrogen) atoms. The summed E-state index contributed by atoms with van der Waals surface area (Å²) < 4.78 is 5.80. The van der Waals surface area contributed by atoms with E-state index in [1.165, 1.54) is 0 Å². The van der Waals surface area contributed by atoms with Crippen LogP contribution >= 0.6 is 11.6 Å². The summed E-state index contributed by atoms with van der Waals surface area (Å²) in [5.41, 5.74) is 9.26. The Kier molecular flexibility index (Phi) is 5.44. The second-order valence-electron chi connectivity index (χ2n) is 5.94. The Balaban J connectivity index is 1.68. The summed E-state index contributed by atoms with van der Waals surface area (Å²) in [4.78, 5) is 12.4. The van der Waals surface area contributed by atoms with E-state index >= 15 is 0 Å². The molecule has 0 saturated heterocycles. The van der Waals surface area contributed by atoms with Gasteiger partial charge in [-0.15, -0.1) is 0 Å². The third kappa shape index (κ3) is 4.35. The van der Waals surface area contributed by atoms with Crippen LogP contribution in [0.3, 0.4) is 0 Å². The lowest BCUT2D eigenvalue weighted by Crippen LogP contribution is -2.13. The van der Waals surface area contributed by atoms with Crippen molar-refractivity contribution in [1.82, 2.24) is 0 Å². The van der Waals surface area contributed by atoms with Crippen molar-refractivity contribution in [2.45, 2.75) is 13.5 Å². The minimum atomic E-state index is -0.281. The van der Waals surface area contributed by atoms with Gasteiger partial charge in [0.2, 0.25) is 0 Å². The van der Waals surface area contributed by atoms with Crippen molar-refractivity contribution in [2.24, 2.45) is 0 Å². The number of nitrogens with one attached hydrogen (secondary N) is 1. The summed E-state index contributed by atoms with van der Waals surface area (Å²) in [6.07, 6.45) is 0. The van der Waals surface area contributed by atoms with Gasteiger partial charge in [-0.1, -0.05) is 41.9 Å². The Bertz CT molecular complexity index is 927. The van der Waals surface area contributed by atoms with Crippen molar-refractivity contribution in [3.8, 4) is 5.75 Å². The number of carbonyl (C=O) groups excluding carboxylic acids is 1. The zero-order valence-corrected chi connectivity index (χ0v) is 15.1. The van der Waals surface area contributed by atoms with Crippen molar-refractivity contribution in [2.75, 3.05) is 11.1 Å². The molecule has 3 N–H and O–H groups in total. The van der Waals surface area contributed by atoms with Crippen LogP contribution in [0.5, 0.6) is 5.75 Å². The third-order valence-electron chi connectivity index (χ3n) is 3.93. The minimum Gasteiger partial charge on any atom is -0.489 e. The van der Waals surface area contributed by atoms with Crippen LogP contribution < -0.4 is 15.8 Å². The van der Waals surface area contributed by atoms with Gasteiger partial charge in [0.05, 0.1) is 10.6 Å². The molecule has 1 amide bonds. The van der Waals surface area contributed by atoms with Gasteiger partial charge in [-0.25, -0.2) is 0 Å². The van der Waals surface area contributed by atoms with Crippen molar-refractivity contribution in [3.63, 3.8) is 0 Å². The molecule has 0 atom stereocenters. The molecule has 3 aromatic rings. The fourth-order valence-electron chi connectivity index (χ4n) is 2.51. The highest BCUT2D eigenvalue weighted by Gasteiger charge is 2.12. The smallest absolute Gasteiger partial charge is 0.257 e. The van der Waals surface area contributed by atoms with Crippen molar-refractivity contribution >= 4 is 28.9 Å². The van der Waals surface area contributed by atoms with E-state index in [1.807, 2.05) is 55.5 Å². The van der Waals surface area contributed by atoms with Crippen LogP contribution in [0.2, 0.25) is 5.02 Å². The van der Waals surface area contributed by atoms with Crippen molar-refractivity contribution in [3.05, 3.63) is 88.4 Å². The number of carbonyl (C=O) groups is 1.